The number of unbranched alkanes of at least 4 members (excludes halogenated alkanes) is 3. The van der Waals surface area contributed by atoms with Crippen molar-refractivity contribution in [2.45, 2.75) is 117 Å². The molecule has 1 aromatic carbocycles. The highest BCUT2D eigenvalue weighted by Crippen LogP contribution is 2.50. The van der Waals surface area contributed by atoms with Crippen LogP contribution in [-0.2, 0) is 11.2 Å². The Morgan fingerprint density at radius 3 is 2.20 bits per heavy atom. The van der Waals surface area contributed by atoms with Gasteiger partial charge in [0.05, 0.1) is 5.41 Å². The Kier molecular flexibility index (Phi) is 9.27. The first-order valence-electron chi connectivity index (χ1n) is 13.0. The summed E-state index contributed by atoms with van der Waals surface area (Å²) >= 11 is 0. The monoisotopic (exact) mass is 412 g/mol. The minimum Gasteiger partial charge on any atom is -0.426 e. The molecule has 168 valence electrons. The van der Waals surface area contributed by atoms with Crippen molar-refractivity contribution in [1.29, 1.82) is 0 Å². The van der Waals surface area contributed by atoms with Crippen molar-refractivity contribution < 1.29 is 9.53 Å². The zero-order valence-electron chi connectivity index (χ0n) is 19.6. The first kappa shape index (κ1) is 23.4. The van der Waals surface area contributed by atoms with Gasteiger partial charge in [0.15, 0.2) is 0 Å². The Morgan fingerprint density at radius 1 is 0.900 bits per heavy atom. The zero-order valence-corrected chi connectivity index (χ0v) is 19.6. The van der Waals surface area contributed by atoms with Gasteiger partial charge >= 0.3 is 5.97 Å². The standard InChI is InChI=1S/C28H44O2/c1-3-5-8-12-24-15-19-26(20-16-24)30-27(29)28(21-9-7-10-22-28)25-17-13-23(14-18-25)11-6-4-2/h15-16,19-20,23,25H,3-14,17-18,21-22H2,1-2H3. The van der Waals surface area contributed by atoms with Gasteiger partial charge < -0.3 is 4.74 Å². The summed E-state index contributed by atoms with van der Waals surface area (Å²) in [6.45, 7) is 4.53. The van der Waals surface area contributed by atoms with Crippen molar-refractivity contribution in [3.63, 3.8) is 0 Å². The van der Waals surface area contributed by atoms with Crippen LogP contribution in [0.3, 0.4) is 0 Å². The molecule has 0 amide bonds. The maximum atomic E-state index is 13.5. The van der Waals surface area contributed by atoms with Crippen molar-refractivity contribution in [3.05, 3.63) is 29.8 Å². The highest BCUT2D eigenvalue weighted by atomic mass is 16.5. The van der Waals surface area contributed by atoms with E-state index in [1.54, 1.807) is 0 Å². The second kappa shape index (κ2) is 11.9. The molecule has 30 heavy (non-hydrogen) atoms. The minimum atomic E-state index is -0.228. The third-order valence-corrected chi connectivity index (χ3v) is 7.95. The number of carbonyl (C=O) groups is 1. The zero-order chi connectivity index (χ0) is 21.2. The second-order valence-electron chi connectivity index (χ2n) is 10.1. The number of esters is 1. The van der Waals surface area contributed by atoms with Crippen molar-refractivity contribution >= 4 is 5.97 Å². The normalized spacial score (nSPS) is 23.8. The molecule has 0 aromatic heterocycles. The molecule has 0 unspecified atom stereocenters. The fourth-order valence-corrected chi connectivity index (χ4v) is 5.97. The Bertz CT molecular complexity index is 619. The van der Waals surface area contributed by atoms with Crippen LogP contribution in [0.15, 0.2) is 24.3 Å². The minimum absolute atomic E-state index is 0.0675. The molecule has 2 aliphatic carbocycles. The highest BCUT2D eigenvalue weighted by Gasteiger charge is 2.48. The van der Waals surface area contributed by atoms with Gasteiger partial charge in [-0.2, -0.15) is 0 Å². The maximum Gasteiger partial charge on any atom is 0.317 e. The SMILES string of the molecule is CCCCCc1ccc(OC(=O)C2(C3CCC(CCCC)CC3)CCCCC2)cc1. The van der Waals surface area contributed by atoms with Crippen LogP contribution in [0.4, 0.5) is 0 Å². The van der Waals surface area contributed by atoms with Crippen molar-refractivity contribution in [3.8, 4) is 5.75 Å². The lowest BCUT2D eigenvalue weighted by molar-refractivity contribution is -0.153. The molecule has 0 saturated heterocycles. The van der Waals surface area contributed by atoms with Crippen LogP contribution >= 0.6 is 0 Å². The predicted octanol–water partition coefficient (Wildman–Crippen LogP) is 8.27. The number of hydrogen-bond acceptors (Lipinski definition) is 2. The fraction of sp³-hybridized carbons (Fsp3) is 0.750. The second-order valence-corrected chi connectivity index (χ2v) is 10.1. The summed E-state index contributed by atoms with van der Waals surface area (Å²) in [4.78, 5) is 13.5. The molecule has 2 fully saturated rings. The Hall–Kier alpha value is -1.31. The van der Waals surface area contributed by atoms with Gasteiger partial charge in [-0.1, -0.05) is 90.2 Å². The fourth-order valence-electron chi connectivity index (χ4n) is 5.97. The summed E-state index contributed by atoms with van der Waals surface area (Å²) in [7, 11) is 0. The Balaban J connectivity index is 1.61. The topological polar surface area (TPSA) is 26.3 Å². The average molecular weight is 413 g/mol. The smallest absolute Gasteiger partial charge is 0.317 e. The molecule has 0 N–H and O–H groups in total. The van der Waals surface area contributed by atoms with E-state index in [1.807, 2.05) is 12.1 Å². The molecular weight excluding hydrogens is 368 g/mol. The average Bonchev–Trinajstić information content (AvgIpc) is 2.80. The summed E-state index contributed by atoms with van der Waals surface area (Å²) in [6.07, 6.45) is 19.7. The van der Waals surface area contributed by atoms with Gasteiger partial charge in [-0.05, 0) is 68.1 Å². The predicted molar refractivity (Wildman–Crippen MR) is 126 cm³/mol. The van der Waals surface area contributed by atoms with Crippen LogP contribution in [0, 0.1) is 17.3 Å². The third-order valence-electron chi connectivity index (χ3n) is 7.95. The van der Waals surface area contributed by atoms with E-state index in [1.165, 1.54) is 89.0 Å². The molecule has 0 atom stereocenters. The lowest BCUT2D eigenvalue weighted by Gasteiger charge is -2.44. The molecule has 0 heterocycles. The van der Waals surface area contributed by atoms with Crippen LogP contribution < -0.4 is 4.74 Å². The number of aryl methyl sites for hydroxylation is 1. The van der Waals surface area contributed by atoms with E-state index in [-0.39, 0.29) is 11.4 Å². The van der Waals surface area contributed by atoms with Crippen molar-refractivity contribution in [2.75, 3.05) is 0 Å². The van der Waals surface area contributed by atoms with Gasteiger partial charge in [0.2, 0.25) is 0 Å². The molecule has 2 heteroatoms. The van der Waals surface area contributed by atoms with Gasteiger partial charge in [0.25, 0.3) is 0 Å². The number of hydrogen-bond donors (Lipinski definition) is 0. The molecule has 0 bridgehead atoms. The molecule has 0 spiro atoms. The number of rotatable bonds is 10. The lowest BCUT2D eigenvalue weighted by Crippen LogP contribution is -2.44. The van der Waals surface area contributed by atoms with Crippen LogP contribution in [-0.4, -0.2) is 5.97 Å². The number of ether oxygens (including phenoxy) is 1. The van der Waals surface area contributed by atoms with Crippen molar-refractivity contribution in [2.24, 2.45) is 17.3 Å². The Morgan fingerprint density at radius 2 is 1.57 bits per heavy atom. The van der Waals surface area contributed by atoms with E-state index < -0.39 is 0 Å². The summed E-state index contributed by atoms with van der Waals surface area (Å²) in [5.74, 6) is 2.22. The summed E-state index contributed by atoms with van der Waals surface area (Å²) in [5.41, 5.74) is 1.12. The van der Waals surface area contributed by atoms with Gasteiger partial charge in [0.1, 0.15) is 5.75 Å². The summed E-state index contributed by atoms with van der Waals surface area (Å²) < 4.78 is 6.04. The van der Waals surface area contributed by atoms with Crippen LogP contribution in [0.1, 0.15) is 116 Å². The van der Waals surface area contributed by atoms with Crippen LogP contribution in [0.5, 0.6) is 5.75 Å². The molecule has 2 saturated carbocycles. The highest BCUT2D eigenvalue weighted by molar-refractivity contribution is 5.79. The quantitative estimate of drug-likeness (QED) is 0.219. The molecule has 0 radical (unpaired) electrons. The molecule has 3 rings (SSSR count). The van der Waals surface area contributed by atoms with E-state index in [0.717, 1.165) is 30.9 Å². The van der Waals surface area contributed by atoms with Gasteiger partial charge in [0, 0.05) is 0 Å². The molecule has 1 aromatic rings. The first-order chi connectivity index (χ1) is 14.7. The van der Waals surface area contributed by atoms with E-state index in [4.69, 9.17) is 4.74 Å². The third kappa shape index (κ3) is 6.11. The maximum absolute atomic E-state index is 13.5. The van der Waals surface area contributed by atoms with Crippen molar-refractivity contribution in [1.82, 2.24) is 0 Å². The largest absolute Gasteiger partial charge is 0.426 e. The molecule has 2 nitrogen and oxygen atoms in total. The van der Waals surface area contributed by atoms with E-state index in [2.05, 4.69) is 26.0 Å². The first-order valence-corrected chi connectivity index (χ1v) is 13.0. The van der Waals surface area contributed by atoms with Gasteiger partial charge in [-0.25, -0.2) is 0 Å². The van der Waals surface area contributed by atoms with E-state index in [9.17, 15) is 4.79 Å². The summed E-state index contributed by atoms with van der Waals surface area (Å²) in [5, 5.41) is 0. The van der Waals surface area contributed by atoms with Crippen LogP contribution in [0.2, 0.25) is 0 Å². The van der Waals surface area contributed by atoms with E-state index in [0.29, 0.717) is 5.92 Å². The summed E-state index contributed by atoms with van der Waals surface area (Å²) in [6, 6.07) is 8.31. The Labute approximate surface area is 185 Å². The van der Waals surface area contributed by atoms with E-state index >= 15 is 0 Å². The molecule has 2 aliphatic rings. The van der Waals surface area contributed by atoms with Gasteiger partial charge in [-0.15, -0.1) is 0 Å². The van der Waals surface area contributed by atoms with Gasteiger partial charge in [-0.3, -0.25) is 4.79 Å². The molecular formula is C28H44O2. The number of carbonyl (C=O) groups excluding carboxylic acids is 1. The molecule has 0 aliphatic heterocycles. The number of benzene rings is 1. The lowest BCUT2D eigenvalue weighted by atomic mass is 9.60. The van der Waals surface area contributed by atoms with Crippen LogP contribution in [0.25, 0.3) is 0 Å².